The van der Waals surface area contributed by atoms with E-state index in [2.05, 4.69) is 53.1 Å². The predicted octanol–water partition coefficient (Wildman–Crippen LogP) is 3.92. The minimum absolute atomic E-state index is 0.617. The van der Waals surface area contributed by atoms with Crippen LogP contribution in [0.2, 0.25) is 5.02 Å². The van der Waals surface area contributed by atoms with Crippen molar-refractivity contribution >= 4 is 27.5 Å². The van der Waals surface area contributed by atoms with Crippen LogP contribution in [0, 0.1) is 0 Å². The van der Waals surface area contributed by atoms with Crippen molar-refractivity contribution < 1.29 is 0 Å². The number of hydrogen-bond donors (Lipinski definition) is 1. The lowest BCUT2D eigenvalue weighted by Gasteiger charge is -2.20. The molecule has 0 aliphatic rings. The topological polar surface area (TPSA) is 15.3 Å². The molecule has 18 heavy (non-hydrogen) atoms. The van der Waals surface area contributed by atoms with Crippen LogP contribution >= 0.6 is 27.5 Å². The van der Waals surface area contributed by atoms with Crippen LogP contribution in [-0.4, -0.2) is 31.1 Å². The normalized spacial score (nSPS) is 11.5. The molecule has 1 aromatic carbocycles. The van der Waals surface area contributed by atoms with Gasteiger partial charge in [-0.2, -0.15) is 0 Å². The van der Waals surface area contributed by atoms with Crippen molar-refractivity contribution in [1.82, 2.24) is 10.2 Å². The molecule has 0 amide bonds. The molecule has 1 aromatic rings. The molecule has 0 fully saturated rings. The maximum absolute atomic E-state index is 6.16. The molecule has 0 saturated carbocycles. The van der Waals surface area contributed by atoms with E-state index in [4.69, 9.17) is 11.6 Å². The summed E-state index contributed by atoms with van der Waals surface area (Å²) in [4.78, 5) is 2.36. The zero-order valence-electron chi connectivity index (χ0n) is 11.3. The lowest BCUT2D eigenvalue weighted by Crippen LogP contribution is -2.29. The Labute approximate surface area is 124 Å². The van der Waals surface area contributed by atoms with Crippen LogP contribution in [0.5, 0.6) is 0 Å². The van der Waals surface area contributed by atoms with Crippen molar-refractivity contribution in [3.8, 4) is 0 Å². The Bertz CT molecular complexity index is 369. The van der Waals surface area contributed by atoms with Gasteiger partial charge in [0.15, 0.2) is 0 Å². The Hall–Kier alpha value is -0.0900. The minimum Gasteiger partial charge on any atom is -0.313 e. The third-order valence-corrected chi connectivity index (χ3v) is 3.92. The molecule has 1 N–H and O–H groups in total. The molecule has 0 atom stereocenters. The molecular formula is C14H22BrClN2. The first kappa shape index (κ1) is 16.0. The molecule has 2 nitrogen and oxygen atoms in total. The molecule has 0 aliphatic heterocycles. The Balaban J connectivity index is 2.22. The van der Waals surface area contributed by atoms with Crippen molar-refractivity contribution in [3.63, 3.8) is 0 Å². The fraction of sp³-hybridized carbons (Fsp3) is 0.571. The summed E-state index contributed by atoms with van der Waals surface area (Å²) >= 11 is 9.56. The van der Waals surface area contributed by atoms with E-state index < -0.39 is 0 Å². The second kappa shape index (κ2) is 8.16. The van der Waals surface area contributed by atoms with Gasteiger partial charge in [-0.15, -0.1) is 0 Å². The van der Waals surface area contributed by atoms with Crippen molar-refractivity contribution in [3.05, 3.63) is 33.3 Å². The van der Waals surface area contributed by atoms with E-state index in [0.29, 0.717) is 6.04 Å². The highest BCUT2D eigenvalue weighted by Crippen LogP contribution is 2.21. The second-order valence-corrected chi connectivity index (χ2v) is 6.16. The third kappa shape index (κ3) is 5.70. The van der Waals surface area contributed by atoms with Gasteiger partial charge >= 0.3 is 0 Å². The molecule has 1 rings (SSSR count). The summed E-state index contributed by atoms with van der Waals surface area (Å²) in [6.07, 6.45) is 1.16. The van der Waals surface area contributed by atoms with Crippen molar-refractivity contribution in [2.45, 2.75) is 32.9 Å². The smallest absolute Gasteiger partial charge is 0.0462 e. The van der Waals surface area contributed by atoms with Crippen LogP contribution in [0.3, 0.4) is 0 Å². The average Bonchev–Trinajstić information content (AvgIpc) is 2.30. The van der Waals surface area contributed by atoms with Gasteiger partial charge in [-0.05, 0) is 58.1 Å². The van der Waals surface area contributed by atoms with E-state index in [1.807, 2.05) is 12.1 Å². The third-order valence-electron chi connectivity index (χ3n) is 3.08. The number of benzene rings is 1. The van der Waals surface area contributed by atoms with Crippen LogP contribution in [0.25, 0.3) is 0 Å². The maximum atomic E-state index is 6.16. The van der Waals surface area contributed by atoms with E-state index in [9.17, 15) is 0 Å². The van der Waals surface area contributed by atoms with Crippen LogP contribution < -0.4 is 5.32 Å². The first-order valence-electron chi connectivity index (χ1n) is 6.35. The molecule has 0 unspecified atom stereocenters. The van der Waals surface area contributed by atoms with Crippen molar-refractivity contribution in [2.24, 2.45) is 0 Å². The summed E-state index contributed by atoms with van der Waals surface area (Å²) in [5.41, 5.74) is 1.15. The zero-order valence-corrected chi connectivity index (χ0v) is 13.7. The molecule has 0 heterocycles. The lowest BCUT2D eigenvalue weighted by atomic mass is 10.2. The van der Waals surface area contributed by atoms with Gasteiger partial charge in [0.1, 0.15) is 0 Å². The van der Waals surface area contributed by atoms with Crippen molar-refractivity contribution in [1.29, 1.82) is 0 Å². The molecule has 0 saturated heterocycles. The Morgan fingerprint density at radius 1 is 1.39 bits per heavy atom. The predicted molar refractivity (Wildman–Crippen MR) is 83.2 cm³/mol. The Kier molecular flexibility index (Phi) is 7.23. The molecule has 0 aliphatic carbocycles. The van der Waals surface area contributed by atoms with E-state index in [1.165, 1.54) is 0 Å². The van der Waals surface area contributed by atoms with Crippen molar-refractivity contribution in [2.75, 3.05) is 20.1 Å². The summed E-state index contributed by atoms with van der Waals surface area (Å²) in [6, 6.07) is 6.63. The second-order valence-electron chi connectivity index (χ2n) is 4.84. The largest absolute Gasteiger partial charge is 0.313 e. The van der Waals surface area contributed by atoms with E-state index >= 15 is 0 Å². The van der Waals surface area contributed by atoms with Crippen LogP contribution in [-0.2, 0) is 6.54 Å². The Morgan fingerprint density at radius 3 is 2.72 bits per heavy atom. The maximum Gasteiger partial charge on any atom is 0.0462 e. The number of nitrogens with zero attached hydrogens (tertiary/aromatic N) is 1. The Morgan fingerprint density at radius 2 is 2.11 bits per heavy atom. The van der Waals surface area contributed by atoms with Gasteiger partial charge in [-0.25, -0.2) is 0 Å². The van der Waals surface area contributed by atoms with Crippen LogP contribution in [0.15, 0.2) is 22.7 Å². The van der Waals surface area contributed by atoms with Crippen LogP contribution in [0.4, 0.5) is 0 Å². The van der Waals surface area contributed by atoms with Gasteiger partial charge < -0.3 is 10.2 Å². The van der Waals surface area contributed by atoms with Gasteiger partial charge in [-0.3, -0.25) is 0 Å². The molecule has 0 radical (unpaired) electrons. The highest BCUT2D eigenvalue weighted by atomic mass is 79.9. The highest BCUT2D eigenvalue weighted by molar-refractivity contribution is 9.10. The summed E-state index contributed by atoms with van der Waals surface area (Å²) in [5, 5.41) is 4.25. The summed E-state index contributed by atoms with van der Waals surface area (Å²) in [7, 11) is 2.16. The monoisotopic (exact) mass is 332 g/mol. The van der Waals surface area contributed by atoms with E-state index in [0.717, 1.165) is 41.1 Å². The van der Waals surface area contributed by atoms with Gasteiger partial charge in [0.05, 0.1) is 0 Å². The number of hydrogen-bond acceptors (Lipinski definition) is 2. The molecule has 102 valence electrons. The minimum atomic E-state index is 0.617. The highest BCUT2D eigenvalue weighted by Gasteiger charge is 2.03. The van der Waals surface area contributed by atoms with E-state index in [1.54, 1.807) is 0 Å². The molecular weight excluding hydrogens is 312 g/mol. The summed E-state index contributed by atoms with van der Waals surface area (Å²) in [6.45, 7) is 7.41. The number of halogens is 2. The number of rotatable bonds is 7. The average molecular weight is 334 g/mol. The first-order chi connectivity index (χ1) is 8.50. The quantitative estimate of drug-likeness (QED) is 0.761. The van der Waals surface area contributed by atoms with E-state index in [-0.39, 0.29) is 0 Å². The van der Waals surface area contributed by atoms with Crippen LogP contribution in [0.1, 0.15) is 25.8 Å². The standard InChI is InChI=1S/C14H22BrClN2/c1-11(2)18(3)8-4-7-17-10-12-5-6-13(15)9-14(12)16/h5-6,9,11,17H,4,7-8,10H2,1-3H3. The SMILES string of the molecule is CC(C)N(C)CCCNCc1ccc(Br)cc1Cl. The summed E-state index contributed by atoms with van der Waals surface area (Å²) in [5.74, 6) is 0. The number of nitrogens with one attached hydrogen (secondary N) is 1. The zero-order chi connectivity index (χ0) is 13.5. The fourth-order valence-corrected chi connectivity index (χ4v) is 2.34. The first-order valence-corrected chi connectivity index (χ1v) is 7.52. The van der Waals surface area contributed by atoms with Gasteiger partial charge in [0.2, 0.25) is 0 Å². The fourth-order valence-electron chi connectivity index (χ4n) is 1.60. The molecule has 4 heteroatoms. The lowest BCUT2D eigenvalue weighted by molar-refractivity contribution is 0.269. The summed E-state index contributed by atoms with van der Waals surface area (Å²) < 4.78 is 1.02. The molecule has 0 bridgehead atoms. The van der Waals surface area contributed by atoms with Gasteiger partial charge in [0, 0.05) is 22.1 Å². The van der Waals surface area contributed by atoms with Gasteiger partial charge in [0.25, 0.3) is 0 Å². The van der Waals surface area contributed by atoms with Gasteiger partial charge in [-0.1, -0.05) is 33.6 Å². The molecule has 0 aromatic heterocycles. The molecule has 0 spiro atoms.